The van der Waals surface area contributed by atoms with Crippen molar-refractivity contribution in [1.29, 1.82) is 5.26 Å². The Bertz CT molecular complexity index is 550. The first-order valence-electron chi connectivity index (χ1n) is 7.32. The summed E-state index contributed by atoms with van der Waals surface area (Å²) in [4.78, 5) is 30.5. The molecule has 1 aromatic heterocycles. The number of piperidine rings is 1. The standard InChI is InChI=1S/C16H19N3O2/c1-2-15(20)19-10-6-4-8-14(19)16(21)12(11-17)13-7-3-5-9-18-13/h3,5,7,9,12,14H,2,4,6,8,10H2,1H3. The molecule has 0 aromatic carbocycles. The SMILES string of the molecule is CCC(=O)N1CCCCC1C(=O)C(C#N)c1ccccn1. The lowest BCUT2D eigenvalue weighted by Gasteiger charge is -2.35. The van der Waals surface area contributed by atoms with E-state index in [1.54, 1.807) is 36.2 Å². The van der Waals surface area contributed by atoms with Crippen LogP contribution in [-0.4, -0.2) is 34.2 Å². The van der Waals surface area contributed by atoms with Crippen LogP contribution in [0.25, 0.3) is 0 Å². The van der Waals surface area contributed by atoms with Gasteiger partial charge < -0.3 is 4.90 Å². The van der Waals surface area contributed by atoms with E-state index >= 15 is 0 Å². The number of Topliss-reactive ketones (excluding diaryl/α,β-unsaturated/α-hetero) is 1. The van der Waals surface area contributed by atoms with Crippen molar-refractivity contribution >= 4 is 11.7 Å². The van der Waals surface area contributed by atoms with Gasteiger partial charge in [0.1, 0.15) is 5.92 Å². The molecule has 0 bridgehead atoms. The molecule has 2 atom stereocenters. The van der Waals surface area contributed by atoms with E-state index in [0.29, 0.717) is 25.1 Å². The summed E-state index contributed by atoms with van der Waals surface area (Å²) >= 11 is 0. The number of nitriles is 1. The number of pyridine rings is 1. The van der Waals surface area contributed by atoms with Crippen molar-refractivity contribution in [3.8, 4) is 6.07 Å². The minimum atomic E-state index is -0.901. The first-order valence-corrected chi connectivity index (χ1v) is 7.32. The fourth-order valence-corrected chi connectivity index (χ4v) is 2.74. The summed E-state index contributed by atoms with van der Waals surface area (Å²) in [6.45, 7) is 2.39. The summed E-state index contributed by atoms with van der Waals surface area (Å²) in [5, 5.41) is 9.35. The monoisotopic (exact) mass is 285 g/mol. The highest BCUT2D eigenvalue weighted by atomic mass is 16.2. The van der Waals surface area contributed by atoms with Crippen molar-refractivity contribution in [1.82, 2.24) is 9.88 Å². The first-order chi connectivity index (χ1) is 10.2. The molecule has 0 spiro atoms. The highest BCUT2D eigenvalue weighted by Gasteiger charge is 2.36. The Morgan fingerprint density at radius 1 is 1.48 bits per heavy atom. The molecule has 21 heavy (non-hydrogen) atoms. The van der Waals surface area contributed by atoms with E-state index < -0.39 is 12.0 Å². The van der Waals surface area contributed by atoms with Gasteiger partial charge in [-0.1, -0.05) is 13.0 Å². The van der Waals surface area contributed by atoms with Gasteiger partial charge in [-0.3, -0.25) is 14.6 Å². The molecular weight excluding hydrogens is 266 g/mol. The van der Waals surface area contributed by atoms with Crippen LogP contribution in [0.15, 0.2) is 24.4 Å². The third-order valence-electron chi connectivity index (χ3n) is 3.85. The second kappa shape index (κ2) is 6.98. The zero-order valence-corrected chi connectivity index (χ0v) is 12.2. The van der Waals surface area contributed by atoms with Crippen LogP contribution in [0.2, 0.25) is 0 Å². The maximum Gasteiger partial charge on any atom is 0.222 e. The summed E-state index contributed by atoms with van der Waals surface area (Å²) in [5.74, 6) is -1.13. The Morgan fingerprint density at radius 3 is 2.90 bits per heavy atom. The molecule has 5 nitrogen and oxygen atoms in total. The van der Waals surface area contributed by atoms with Crippen LogP contribution in [0.5, 0.6) is 0 Å². The summed E-state index contributed by atoms with van der Waals surface area (Å²) in [5.41, 5.74) is 0.458. The summed E-state index contributed by atoms with van der Waals surface area (Å²) < 4.78 is 0. The lowest BCUT2D eigenvalue weighted by atomic mass is 9.89. The maximum atomic E-state index is 12.7. The number of rotatable bonds is 4. The second-order valence-corrected chi connectivity index (χ2v) is 5.17. The zero-order valence-electron chi connectivity index (χ0n) is 12.2. The number of nitrogens with zero attached hydrogens (tertiary/aromatic N) is 3. The molecule has 1 aliphatic rings. The Balaban J connectivity index is 2.23. The van der Waals surface area contributed by atoms with Gasteiger partial charge in [0, 0.05) is 19.2 Å². The molecule has 110 valence electrons. The van der Waals surface area contributed by atoms with Gasteiger partial charge >= 0.3 is 0 Å². The van der Waals surface area contributed by atoms with Crippen LogP contribution in [0.4, 0.5) is 0 Å². The number of ketones is 1. The minimum Gasteiger partial charge on any atom is -0.333 e. The van der Waals surface area contributed by atoms with E-state index in [2.05, 4.69) is 4.98 Å². The smallest absolute Gasteiger partial charge is 0.222 e. The molecule has 2 unspecified atom stereocenters. The number of carbonyl (C=O) groups is 2. The molecule has 0 saturated carbocycles. The largest absolute Gasteiger partial charge is 0.333 e. The Morgan fingerprint density at radius 2 is 2.29 bits per heavy atom. The van der Waals surface area contributed by atoms with E-state index in [9.17, 15) is 14.9 Å². The van der Waals surface area contributed by atoms with Gasteiger partial charge in [-0.15, -0.1) is 0 Å². The van der Waals surface area contributed by atoms with Crippen molar-refractivity contribution in [3.05, 3.63) is 30.1 Å². The Kier molecular flexibility index (Phi) is 5.04. The van der Waals surface area contributed by atoms with Gasteiger partial charge in [-0.2, -0.15) is 5.26 Å². The number of hydrogen-bond donors (Lipinski definition) is 0. The van der Waals surface area contributed by atoms with Crippen molar-refractivity contribution in [3.63, 3.8) is 0 Å². The molecule has 2 rings (SSSR count). The van der Waals surface area contributed by atoms with Crippen LogP contribution in [0, 0.1) is 11.3 Å². The number of hydrogen-bond acceptors (Lipinski definition) is 4. The van der Waals surface area contributed by atoms with Crippen molar-refractivity contribution in [2.24, 2.45) is 0 Å². The normalized spacial score (nSPS) is 19.6. The van der Waals surface area contributed by atoms with Crippen LogP contribution >= 0.6 is 0 Å². The van der Waals surface area contributed by atoms with Gasteiger partial charge in [0.2, 0.25) is 5.91 Å². The van der Waals surface area contributed by atoms with Gasteiger partial charge in [0.15, 0.2) is 5.78 Å². The minimum absolute atomic E-state index is 0.0224. The summed E-state index contributed by atoms with van der Waals surface area (Å²) in [7, 11) is 0. The molecule has 1 saturated heterocycles. The quantitative estimate of drug-likeness (QED) is 0.848. The molecule has 1 amide bonds. The predicted octanol–water partition coefficient (Wildman–Crippen LogP) is 2.05. The molecule has 2 heterocycles. The lowest BCUT2D eigenvalue weighted by Crippen LogP contribution is -2.49. The molecule has 0 N–H and O–H groups in total. The highest BCUT2D eigenvalue weighted by molar-refractivity contribution is 5.95. The zero-order chi connectivity index (χ0) is 15.2. The second-order valence-electron chi connectivity index (χ2n) is 5.17. The third-order valence-corrected chi connectivity index (χ3v) is 3.85. The van der Waals surface area contributed by atoms with E-state index in [-0.39, 0.29) is 11.7 Å². The van der Waals surface area contributed by atoms with Crippen LogP contribution in [-0.2, 0) is 9.59 Å². The molecule has 0 aliphatic carbocycles. The van der Waals surface area contributed by atoms with Gasteiger partial charge in [0.25, 0.3) is 0 Å². The van der Waals surface area contributed by atoms with E-state index in [0.717, 1.165) is 12.8 Å². The van der Waals surface area contributed by atoms with E-state index in [1.165, 1.54) is 0 Å². The van der Waals surface area contributed by atoms with Gasteiger partial charge in [-0.05, 0) is 31.4 Å². The Hall–Kier alpha value is -2.22. The predicted molar refractivity (Wildman–Crippen MR) is 77.2 cm³/mol. The number of amides is 1. The molecule has 1 fully saturated rings. The van der Waals surface area contributed by atoms with Crippen molar-refractivity contribution < 1.29 is 9.59 Å². The molecule has 1 aliphatic heterocycles. The highest BCUT2D eigenvalue weighted by Crippen LogP contribution is 2.25. The van der Waals surface area contributed by atoms with Crippen LogP contribution < -0.4 is 0 Å². The molecular formula is C16H19N3O2. The fraction of sp³-hybridized carbons (Fsp3) is 0.500. The van der Waals surface area contributed by atoms with Crippen LogP contribution in [0.1, 0.15) is 44.2 Å². The van der Waals surface area contributed by atoms with Crippen LogP contribution in [0.3, 0.4) is 0 Å². The maximum absolute atomic E-state index is 12.7. The van der Waals surface area contributed by atoms with E-state index in [1.807, 2.05) is 6.07 Å². The first kappa shape index (κ1) is 15.2. The van der Waals surface area contributed by atoms with Crippen molar-refractivity contribution in [2.45, 2.75) is 44.6 Å². The third kappa shape index (κ3) is 3.27. The van der Waals surface area contributed by atoms with Gasteiger partial charge in [0.05, 0.1) is 17.8 Å². The average Bonchev–Trinajstić information content (AvgIpc) is 2.55. The number of carbonyl (C=O) groups excluding carboxylic acids is 2. The number of likely N-dealkylation sites (tertiary alicyclic amines) is 1. The molecule has 0 radical (unpaired) electrons. The Labute approximate surface area is 124 Å². The van der Waals surface area contributed by atoms with E-state index in [4.69, 9.17) is 0 Å². The molecule has 5 heteroatoms. The summed E-state index contributed by atoms with van der Waals surface area (Å²) in [6, 6.07) is 6.74. The average molecular weight is 285 g/mol. The fourth-order valence-electron chi connectivity index (χ4n) is 2.74. The number of aromatic nitrogens is 1. The van der Waals surface area contributed by atoms with Gasteiger partial charge in [-0.25, -0.2) is 0 Å². The molecule has 1 aromatic rings. The lowest BCUT2D eigenvalue weighted by molar-refractivity contribution is -0.141. The topological polar surface area (TPSA) is 74.1 Å². The summed E-state index contributed by atoms with van der Waals surface area (Å²) in [6.07, 6.45) is 4.41. The van der Waals surface area contributed by atoms with Crippen molar-refractivity contribution in [2.75, 3.05) is 6.54 Å².